The van der Waals surface area contributed by atoms with Gasteiger partial charge in [0.1, 0.15) is 5.78 Å². The number of hydrogen-bond acceptors (Lipinski definition) is 3. The molecule has 1 rings (SSSR count). The minimum atomic E-state index is 0.189. The molecular weight excluding hydrogens is 142 g/mol. The highest BCUT2D eigenvalue weighted by atomic mass is 16.3. The van der Waals surface area contributed by atoms with Crippen molar-refractivity contribution in [3.05, 3.63) is 0 Å². The molecule has 1 atom stereocenters. The van der Waals surface area contributed by atoms with Crippen LogP contribution in [0.2, 0.25) is 0 Å². The summed E-state index contributed by atoms with van der Waals surface area (Å²) in [4.78, 5) is 13.0. The first kappa shape index (κ1) is 8.68. The Bertz CT molecular complexity index is 137. The average Bonchev–Trinajstić information content (AvgIpc) is 2.05. The topological polar surface area (TPSA) is 40.5 Å². The number of nitrogens with zero attached hydrogens (tertiary/aromatic N) is 1. The molecule has 0 aromatic heterocycles. The summed E-state index contributed by atoms with van der Waals surface area (Å²) < 4.78 is 0. The van der Waals surface area contributed by atoms with Crippen LogP contribution in [0.25, 0.3) is 0 Å². The van der Waals surface area contributed by atoms with E-state index in [9.17, 15) is 4.79 Å². The summed E-state index contributed by atoms with van der Waals surface area (Å²) >= 11 is 0. The summed E-state index contributed by atoms with van der Waals surface area (Å²) in [6, 6.07) is 0.211. The van der Waals surface area contributed by atoms with Crippen molar-refractivity contribution in [1.82, 2.24) is 4.90 Å². The number of likely N-dealkylation sites (tertiary alicyclic amines) is 1. The zero-order valence-electron chi connectivity index (χ0n) is 6.92. The number of rotatable bonds is 2. The Morgan fingerprint density at radius 1 is 1.55 bits per heavy atom. The minimum Gasteiger partial charge on any atom is -0.395 e. The number of Topliss-reactive ketones (excluding diaryl/α,β-unsaturated/α-hetero) is 1. The van der Waals surface area contributed by atoms with Crippen LogP contribution in [-0.4, -0.2) is 41.5 Å². The van der Waals surface area contributed by atoms with Gasteiger partial charge < -0.3 is 5.11 Å². The van der Waals surface area contributed by atoms with E-state index in [1.807, 2.05) is 6.92 Å². The Balaban J connectivity index is 2.32. The van der Waals surface area contributed by atoms with E-state index in [0.29, 0.717) is 18.6 Å². The van der Waals surface area contributed by atoms with Gasteiger partial charge >= 0.3 is 0 Å². The summed E-state index contributed by atoms with van der Waals surface area (Å²) in [7, 11) is 0. The molecule has 0 bridgehead atoms. The lowest BCUT2D eigenvalue weighted by Gasteiger charge is -2.30. The standard InChI is InChI=1S/C8H15NO2/c1-7(6-10)9-4-2-8(11)3-5-9/h7,10H,2-6H2,1H3/t7-/m0/s1. The van der Waals surface area contributed by atoms with Gasteiger partial charge in [0.15, 0.2) is 0 Å². The van der Waals surface area contributed by atoms with Crippen LogP contribution in [0.1, 0.15) is 19.8 Å². The van der Waals surface area contributed by atoms with E-state index < -0.39 is 0 Å². The lowest BCUT2D eigenvalue weighted by atomic mass is 10.1. The van der Waals surface area contributed by atoms with E-state index in [1.165, 1.54) is 0 Å². The van der Waals surface area contributed by atoms with Gasteiger partial charge in [-0.05, 0) is 6.92 Å². The summed E-state index contributed by atoms with van der Waals surface area (Å²) in [6.07, 6.45) is 1.31. The molecule has 3 heteroatoms. The molecule has 0 radical (unpaired) electrons. The third kappa shape index (κ3) is 2.27. The third-order valence-corrected chi connectivity index (χ3v) is 2.24. The molecule has 0 saturated carbocycles. The molecule has 1 heterocycles. The fraction of sp³-hybridized carbons (Fsp3) is 0.875. The maximum Gasteiger partial charge on any atom is 0.135 e. The Morgan fingerprint density at radius 3 is 2.55 bits per heavy atom. The SMILES string of the molecule is C[C@@H](CO)N1CCC(=O)CC1. The number of carbonyl (C=O) groups excluding carboxylic acids is 1. The van der Waals surface area contributed by atoms with E-state index in [0.717, 1.165) is 13.1 Å². The first-order valence-corrected chi connectivity index (χ1v) is 4.10. The number of aliphatic hydroxyl groups excluding tert-OH is 1. The Labute approximate surface area is 67.0 Å². The first-order valence-electron chi connectivity index (χ1n) is 4.10. The largest absolute Gasteiger partial charge is 0.395 e. The summed E-state index contributed by atoms with van der Waals surface area (Å²) in [5.74, 6) is 0.353. The van der Waals surface area contributed by atoms with Gasteiger partial charge in [-0.3, -0.25) is 9.69 Å². The lowest BCUT2D eigenvalue weighted by Crippen LogP contribution is -2.41. The molecule has 11 heavy (non-hydrogen) atoms. The zero-order chi connectivity index (χ0) is 8.27. The van der Waals surface area contributed by atoms with Crippen LogP contribution in [0.4, 0.5) is 0 Å². The van der Waals surface area contributed by atoms with Gasteiger partial charge in [-0.1, -0.05) is 0 Å². The smallest absolute Gasteiger partial charge is 0.135 e. The van der Waals surface area contributed by atoms with Crippen molar-refractivity contribution in [1.29, 1.82) is 0 Å². The molecule has 1 aliphatic rings. The van der Waals surface area contributed by atoms with Crippen molar-refractivity contribution in [2.45, 2.75) is 25.8 Å². The van der Waals surface area contributed by atoms with Crippen LogP contribution in [0.15, 0.2) is 0 Å². The second-order valence-corrected chi connectivity index (χ2v) is 3.11. The maximum absolute atomic E-state index is 10.8. The van der Waals surface area contributed by atoms with Crippen molar-refractivity contribution >= 4 is 5.78 Å². The van der Waals surface area contributed by atoms with Crippen LogP contribution in [0.5, 0.6) is 0 Å². The fourth-order valence-corrected chi connectivity index (χ4v) is 1.33. The van der Waals surface area contributed by atoms with E-state index in [1.54, 1.807) is 0 Å². The molecule has 3 nitrogen and oxygen atoms in total. The van der Waals surface area contributed by atoms with Gasteiger partial charge in [0.05, 0.1) is 6.61 Å². The molecular formula is C8H15NO2. The average molecular weight is 157 g/mol. The lowest BCUT2D eigenvalue weighted by molar-refractivity contribution is -0.122. The quantitative estimate of drug-likeness (QED) is 0.615. The highest BCUT2D eigenvalue weighted by Gasteiger charge is 2.19. The number of carbonyl (C=O) groups is 1. The molecule has 1 fully saturated rings. The van der Waals surface area contributed by atoms with E-state index in [2.05, 4.69) is 4.90 Å². The van der Waals surface area contributed by atoms with Crippen molar-refractivity contribution in [2.24, 2.45) is 0 Å². The first-order chi connectivity index (χ1) is 5.24. The van der Waals surface area contributed by atoms with Crippen LogP contribution in [0.3, 0.4) is 0 Å². The van der Waals surface area contributed by atoms with E-state index >= 15 is 0 Å². The van der Waals surface area contributed by atoms with E-state index in [-0.39, 0.29) is 12.6 Å². The van der Waals surface area contributed by atoms with Crippen LogP contribution in [0, 0.1) is 0 Å². The second-order valence-electron chi connectivity index (χ2n) is 3.11. The van der Waals surface area contributed by atoms with Gasteiger partial charge in [0, 0.05) is 32.0 Å². The summed E-state index contributed by atoms with van der Waals surface area (Å²) in [6.45, 7) is 3.81. The molecule has 0 aliphatic carbocycles. The second kappa shape index (κ2) is 3.83. The summed E-state index contributed by atoms with van der Waals surface area (Å²) in [5.41, 5.74) is 0. The molecule has 1 aliphatic heterocycles. The van der Waals surface area contributed by atoms with Gasteiger partial charge in [0.25, 0.3) is 0 Å². The molecule has 0 amide bonds. The number of piperidine rings is 1. The van der Waals surface area contributed by atoms with Crippen LogP contribution < -0.4 is 0 Å². The molecule has 1 N–H and O–H groups in total. The van der Waals surface area contributed by atoms with Crippen molar-refractivity contribution in [2.75, 3.05) is 19.7 Å². The minimum absolute atomic E-state index is 0.189. The predicted octanol–water partition coefficient (Wildman–Crippen LogP) is 0.0321. The zero-order valence-corrected chi connectivity index (χ0v) is 6.92. The van der Waals surface area contributed by atoms with E-state index in [4.69, 9.17) is 5.11 Å². The summed E-state index contributed by atoms with van der Waals surface area (Å²) in [5, 5.41) is 8.83. The normalized spacial score (nSPS) is 23.6. The predicted molar refractivity (Wildman–Crippen MR) is 42.4 cm³/mol. The highest BCUT2D eigenvalue weighted by molar-refractivity contribution is 5.79. The molecule has 0 spiro atoms. The van der Waals surface area contributed by atoms with Crippen molar-refractivity contribution < 1.29 is 9.90 Å². The van der Waals surface area contributed by atoms with Crippen LogP contribution in [-0.2, 0) is 4.79 Å². The van der Waals surface area contributed by atoms with Crippen LogP contribution >= 0.6 is 0 Å². The molecule has 64 valence electrons. The maximum atomic E-state index is 10.8. The van der Waals surface area contributed by atoms with Gasteiger partial charge in [-0.2, -0.15) is 0 Å². The molecule has 0 aromatic carbocycles. The van der Waals surface area contributed by atoms with Gasteiger partial charge in [0.2, 0.25) is 0 Å². The fourth-order valence-electron chi connectivity index (χ4n) is 1.33. The number of aliphatic hydroxyl groups is 1. The number of ketones is 1. The highest BCUT2D eigenvalue weighted by Crippen LogP contribution is 2.08. The Kier molecular flexibility index (Phi) is 3.02. The number of hydrogen-bond donors (Lipinski definition) is 1. The molecule has 0 unspecified atom stereocenters. The Morgan fingerprint density at radius 2 is 2.09 bits per heavy atom. The molecule has 0 aromatic rings. The van der Waals surface area contributed by atoms with Crippen molar-refractivity contribution in [3.63, 3.8) is 0 Å². The third-order valence-electron chi connectivity index (χ3n) is 2.24. The van der Waals surface area contributed by atoms with Gasteiger partial charge in [-0.15, -0.1) is 0 Å². The van der Waals surface area contributed by atoms with Gasteiger partial charge in [-0.25, -0.2) is 0 Å². The molecule has 1 saturated heterocycles. The Hall–Kier alpha value is -0.410. The monoisotopic (exact) mass is 157 g/mol. The van der Waals surface area contributed by atoms with Crippen molar-refractivity contribution in [3.8, 4) is 0 Å².